The molecule has 1 heterocycles. The third kappa shape index (κ3) is 2.03. The summed E-state index contributed by atoms with van der Waals surface area (Å²) in [4.78, 5) is 12.4. The highest BCUT2D eigenvalue weighted by Crippen LogP contribution is 2.27. The topological polar surface area (TPSA) is 30.2 Å². The third-order valence-corrected chi connectivity index (χ3v) is 4.59. The molecule has 0 radical (unpaired) electrons. The van der Waals surface area contributed by atoms with Crippen LogP contribution >= 0.6 is 45.2 Å². The molecule has 2 aromatic rings. The smallest absolute Gasteiger partial charge is 0.196 e. The highest BCUT2D eigenvalue weighted by molar-refractivity contribution is 14.1. The summed E-state index contributed by atoms with van der Waals surface area (Å²) >= 11 is 4.48. The largest absolute Gasteiger partial charge is 0.459 e. The highest BCUT2D eigenvalue weighted by atomic mass is 127. The van der Waals surface area contributed by atoms with Crippen molar-refractivity contribution in [2.45, 2.75) is 25.7 Å². The van der Waals surface area contributed by atoms with E-state index in [1.54, 1.807) is 0 Å². The van der Waals surface area contributed by atoms with Gasteiger partial charge in [-0.1, -0.05) is 0 Å². The van der Waals surface area contributed by atoms with Crippen molar-refractivity contribution in [1.82, 2.24) is 0 Å². The van der Waals surface area contributed by atoms with Crippen LogP contribution in [-0.2, 0) is 12.8 Å². The van der Waals surface area contributed by atoms with Gasteiger partial charge in [-0.25, -0.2) is 0 Å². The summed E-state index contributed by atoms with van der Waals surface area (Å²) in [5.41, 5.74) is 1.84. The highest BCUT2D eigenvalue weighted by Gasteiger charge is 2.18. The van der Waals surface area contributed by atoms with Gasteiger partial charge in [-0.15, -0.1) is 0 Å². The van der Waals surface area contributed by atoms with Crippen molar-refractivity contribution in [3.63, 3.8) is 0 Å². The summed E-state index contributed by atoms with van der Waals surface area (Å²) in [5, 5.41) is 0.738. The van der Waals surface area contributed by atoms with E-state index in [1.165, 1.54) is 0 Å². The second kappa shape index (κ2) is 4.53. The van der Waals surface area contributed by atoms with Crippen LogP contribution in [0.3, 0.4) is 0 Å². The Kier molecular flexibility index (Phi) is 3.18. The Morgan fingerprint density at radius 3 is 2.71 bits per heavy atom. The van der Waals surface area contributed by atoms with E-state index in [0.29, 0.717) is 0 Å². The van der Waals surface area contributed by atoms with Gasteiger partial charge in [0.25, 0.3) is 0 Å². The van der Waals surface area contributed by atoms with Gasteiger partial charge in [0.2, 0.25) is 0 Å². The maximum atomic E-state index is 12.4. The molecule has 0 amide bonds. The van der Waals surface area contributed by atoms with E-state index >= 15 is 0 Å². The predicted molar refractivity (Wildman–Crippen MR) is 84.6 cm³/mol. The lowest BCUT2D eigenvalue weighted by Crippen LogP contribution is -2.16. The average molecular weight is 452 g/mol. The van der Waals surface area contributed by atoms with Crippen molar-refractivity contribution in [1.29, 1.82) is 0 Å². The first-order chi connectivity index (χ1) is 8.16. The molecule has 0 unspecified atom stereocenters. The normalized spacial score (nSPS) is 14.9. The predicted octanol–water partition coefficient (Wildman–Crippen LogP) is 3.88. The lowest BCUT2D eigenvalue weighted by molar-refractivity contribution is 0.486. The molecule has 0 bridgehead atoms. The molecule has 0 fully saturated rings. The van der Waals surface area contributed by atoms with Crippen LogP contribution in [0.15, 0.2) is 21.3 Å². The first kappa shape index (κ1) is 12.0. The zero-order valence-corrected chi connectivity index (χ0v) is 13.4. The standard InChI is InChI=1S/C13H10I2O2/c14-7-5-9-12(16)8-3-1-2-4-11(8)17-13(9)10(15)6-7/h5-6H,1-4H2. The molecule has 3 rings (SSSR count). The van der Waals surface area contributed by atoms with Gasteiger partial charge in [-0.05, 0) is 76.6 Å². The fraction of sp³-hybridized carbons (Fsp3) is 0.308. The van der Waals surface area contributed by atoms with E-state index in [4.69, 9.17) is 4.42 Å². The second-order valence-electron chi connectivity index (χ2n) is 4.30. The number of fused-ring (bicyclic) bond motifs is 2. The van der Waals surface area contributed by atoms with Crippen LogP contribution in [-0.4, -0.2) is 0 Å². The molecule has 0 spiro atoms. The summed E-state index contributed by atoms with van der Waals surface area (Å²) < 4.78 is 8.05. The first-order valence-corrected chi connectivity index (χ1v) is 7.76. The van der Waals surface area contributed by atoms with Gasteiger partial charge < -0.3 is 4.42 Å². The SMILES string of the molecule is O=c1c2c(oc3c(I)cc(I)cc13)CCCC2. The molecule has 17 heavy (non-hydrogen) atoms. The van der Waals surface area contributed by atoms with E-state index < -0.39 is 0 Å². The fourth-order valence-electron chi connectivity index (χ4n) is 2.35. The van der Waals surface area contributed by atoms with Gasteiger partial charge in [0.05, 0.1) is 8.96 Å². The van der Waals surface area contributed by atoms with Crippen LogP contribution in [0.25, 0.3) is 11.0 Å². The number of hydrogen-bond donors (Lipinski definition) is 0. The molecule has 88 valence electrons. The number of halogens is 2. The number of aryl methyl sites for hydroxylation is 1. The van der Waals surface area contributed by atoms with Crippen LogP contribution in [0.1, 0.15) is 24.2 Å². The van der Waals surface area contributed by atoms with E-state index in [0.717, 1.165) is 55.1 Å². The average Bonchev–Trinajstić information content (AvgIpc) is 2.31. The fourth-order valence-corrected chi connectivity index (χ4v) is 4.30. The summed E-state index contributed by atoms with van der Waals surface area (Å²) in [6.45, 7) is 0. The molecule has 2 nitrogen and oxygen atoms in total. The first-order valence-electron chi connectivity index (χ1n) is 5.60. The van der Waals surface area contributed by atoms with E-state index in [1.807, 2.05) is 12.1 Å². The maximum Gasteiger partial charge on any atom is 0.196 e. The Labute approximate surface area is 126 Å². The van der Waals surface area contributed by atoms with Crippen molar-refractivity contribution in [3.05, 3.63) is 40.8 Å². The summed E-state index contributed by atoms with van der Waals surface area (Å²) in [6, 6.07) is 3.97. The summed E-state index contributed by atoms with van der Waals surface area (Å²) in [6.07, 6.45) is 4.00. The van der Waals surface area contributed by atoms with Crippen LogP contribution < -0.4 is 5.43 Å². The van der Waals surface area contributed by atoms with Gasteiger partial charge >= 0.3 is 0 Å². The molecule has 1 aliphatic carbocycles. The Morgan fingerprint density at radius 2 is 1.88 bits per heavy atom. The molecule has 0 N–H and O–H groups in total. The lowest BCUT2D eigenvalue weighted by Gasteiger charge is -2.14. The molecule has 0 atom stereocenters. The minimum atomic E-state index is 0.178. The summed E-state index contributed by atoms with van der Waals surface area (Å²) in [7, 11) is 0. The van der Waals surface area contributed by atoms with Crippen LogP contribution in [0, 0.1) is 7.14 Å². The number of hydrogen-bond acceptors (Lipinski definition) is 2. The molecular formula is C13H10I2O2. The van der Waals surface area contributed by atoms with Crippen molar-refractivity contribution in [2.75, 3.05) is 0 Å². The zero-order valence-electron chi connectivity index (χ0n) is 9.06. The molecule has 0 saturated heterocycles. The molecule has 0 saturated carbocycles. The van der Waals surface area contributed by atoms with Crippen LogP contribution in [0.4, 0.5) is 0 Å². The second-order valence-corrected chi connectivity index (χ2v) is 6.71. The lowest BCUT2D eigenvalue weighted by atomic mass is 9.96. The minimum Gasteiger partial charge on any atom is -0.459 e. The van der Waals surface area contributed by atoms with E-state index in [2.05, 4.69) is 45.2 Å². The molecule has 4 heteroatoms. The Morgan fingerprint density at radius 1 is 1.12 bits per heavy atom. The van der Waals surface area contributed by atoms with Crippen molar-refractivity contribution >= 4 is 56.2 Å². The van der Waals surface area contributed by atoms with E-state index in [9.17, 15) is 4.79 Å². The van der Waals surface area contributed by atoms with Gasteiger partial charge in [0.1, 0.15) is 5.76 Å². The van der Waals surface area contributed by atoms with Crippen molar-refractivity contribution in [2.24, 2.45) is 0 Å². The molecular weight excluding hydrogens is 442 g/mol. The molecule has 1 aromatic carbocycles. The Hall–Kier alpha value is -0.110. The molecule has 1 aliphatic rings. The van der Waals surface area contributed by atoms with E-state index in [-0.39, 0.29) is 5.43 Å². The quantitative estimate of drug-likeness (QED) is 0.569. The van der Waals surface area contributed by atoms with Gasteiger partial charge in [-0.3, -0.25) is 4.79 Å². The maximum absolute atomic E-state index is 12.4. The van der Waals surface area contributed by atoms with Crippen LogP contribution in [0.2, 0.25) is 0 Å². The van der Waals surface area contributed by atoms with Crippen LogP contribution in [0.5, 0.6) is 0 Å². The van der Waals surface area contributed by atoms with Gasteiger partial charge in [0, 0.05) is 15.6 Å². The Bertz CT molecular complexity index is 658. The summed E-state index contributed by atoms with van der Waals surface area (Å²) in [5.74, 6) is 0.910. The zero-order chi connectivity index (χ0) is 12.0. The number of rotatable bonds is 0. The minimum absolute atomic E-state index is 0.178. The van der Waals surface area contributed by atoms with Gasteiger partial charge in [-0.2, -0.15) is 0 Å². The monoisotopic (exact) mass is 452 g/mol. The Balaban J connectivity index is 2.44. The van der Waals surface area contributed by atoms with Crippen molar-refractivity contribution in [3.8, 4) is 0 Å². The van der Waals surface area contributed by atoms with Gasteiger partial charge in [0.15, 0.2) is 11.0 Å². The van der Waals surface area contributed by atoms with Crippen molar-refractivity contribution < 1.29 is 4.42 Å². The molecule has 1 aromatic heterocycles. The third-order valence-electron chi connectivity index (χ3n) is 3.17. The molecule has 0 aliphatic heterocycles. The number of benzene rings is 1.